The Kier molecular flexibility index (Phi) is 6.86. The number of aromatic nitrogens is 2. The summed E-state index contributed by atoms with van der Waals surface area (Å²) in [6.45, 7) is 2.95. The van der Waals surface area contributed by atoms with Crippen molar-refractivity contribution in [2.45, 2.75) is 19.4 Å². The molecule has 1 N–H and O–H groups in total. The molecule has 4 rings (SSSR count). The third kappa shape index (κ3) is 4.49. The molecule has 1 aromatic heterocycles. The smallest absolute Gasteiger partial charge is 0.295 e. The second-order valence-electron chi connectivity index (χ2n) is 8.60. The van der Waals surface area contributed by atoms with E-state index < -0.39 is 17.7 Å². The highest BCUT2D eigenvalue weighted by molar-refractivity contribution is 6.46. The van der Waals surface area contributed by atoms with Crippen LogP contribution in [0.3, 0.4) is 0 Å². The Bertz CT molecular complexity index is 1250. The molecule has 2 aromatic carbocycles. The Hall–Kier alpha value is -3.42. The number of aliphatic hydroxyl groups excluding tert-OH is 1. The van der Waals surface area contributed by atoms with E-state index in [1.165, 1.54) is 11.1 Å². The Labute approximate surface area is 203 Å². The largest absolute Gasteiger partial charge is 0.507 e. The van der Waals surface area contributed by atoms with Gasteiger partial charge in [0.15, 0.2) is 0 Å². The predicted octanol–water partition coefficient (Wildman–Crippen LogP) is 4.21. The average Bonchev–Trinajstić information content (AvgIpc) is 3.32. The number of halogens is 1. The van der Waals surface area contributed by atoms with E-state index in [1.807, 2.05) is 62.3 Å². The zero-order chi connectivity index (χ0) is 24.4. The molecule has 1 fully saturated rings. The molecule has 7 nitrogen and oxygen atoms in total. The zero-order valence-electron chi connectivity index (χ0n) is 19.4. The highest BCUT2D eigenvalue weighted by Crippen LogP contribution is 2.40. The summed E-state index contributed by atoms with van der Waals surface area (Å²) >= 11 is 6.24. The number of aliphatic hydroxyl groups is 1. The number of carbonyl (C=O) groups is 2. The van der Waals surface area contributed by atoms with Gasteiger partial charge in [-0.3, -0.25) is 9.59 Å². The number of likely N-dealkylation sites (tertiary alicyclic amines) is 1. The van der Waals surface area contributed by atoms with E-state index in [0.29, 0.717) is 34.8 Å². The van der Waals surface area contributed by atoms with Gasteiger partial charge < -0.3 is 14.9 Å². The number of hydrogen-bond donors (Lipinski definition) is 1. The molecule has 0 radical (unpaired) electrons. The van der Waals surface area contributed by atoms with Gasteiger partial charge in [0, 0.05) is 11.6 Å². The molecule has 0 spiro atoms. The van der Waals surface area contributed by atoms with Crippen LogP contribution in [0.15, 0.2) is 66.4 Å². The number of amides is 1. The van der Waals surface area contributed by atoms with E-state index in [-0.39, 0.29) is 11.3 Å². The lowest BCUT2D eigenvalue weighted by Gasteiger charge is -2.26. The third-order valence-electron chi connectivity index (χ3n) is 5.97. The zero-order valence-corrected chi connectivity index (χ0v) is 20.2. The average molecular weight is 479 g/mol. The highest BCUT2D eigenvalue weighted by atomic mass is 35.5. The molecule has 176 valence electrons. The summed E-state index contributed by atoms with van der Waals surface area (Å²) in [5, 5.41) is 16.3. The number of benzene rings is 2. The van der Waals surface area contributed by atoms with Crippen molar-refractivity contribution in [3.05, 3.63) is 88.2 Å². The van der Waals surface area contributed by atoms with Crippen LogP contribution < -0.4 is 0 Å². The molecule has 0 aliphatic carbocycles. The van der Waals surface area contributed by atoms with Crippen molar-refractivity contribution in [1.82, 2.24) is 19.6 Å². The Morgan fingerprint density at radius 1 is 1.12 bits per heavy atom. The van der Waals surface area contributed by atoms with Crippen molar-refractivity contribution in [3.63, 3.8) is 0 Å². The molecule has 0 saturated carbocycles. The lowest BCUT2D eigenvalue weighted by molar-refractivity contribution is -0.139. The Balaban J connectivity index is 1.81. The molecule has 3 aromatic rings. The number of Topliss-reactive ketones (excluding diaryl/α,β-unsaturated/α-hetero) is 1. The van der Waals surface area contributed by atoms with Gasteiger partial charge in [0.2, 0.25) is 0 Å². The summed E-state index contributed by atoms with van der Waals surface area (Å²) < 4.78 is 1.69. The van der Waals surface area contributed by atoms with Gasteiger partial charge in [-0.1, -0.05) is 41.9 Å². The molecule has 34 heavy (non-hydrogen) atoms. The molecule has 0 bridgehead atoms. The summed E-state index contributed by atoms with van der Waals surface area (Å²) in [6.07, 6.45) is 2.20. The van der Waals surface area contributed by atoms with Crippen molar-refractivity contribution >= 4 is 29.1 Å². The maximum Gasteiger partial charge on any atom is 0.295 e. The van der Waals surface area contributed by atoms with Crippen LogP contribution in [0.4, 0.5) is 0 Å². The molecule has 1 atom stereocenters. The fourth-order valence-corrected chi connectivity index (χ4v) is 4.51. The first-order chi connectivity index (χ1) is 16.3. The van der Waals surface area contributed by atoms with Crippen LogP contribution in [0.5, 0.6) is 0 Å². The molecule has 1 amide bonds. The number of hydrogen-bond acceptors (Lipinski definition) is 5. The molecular formula is C26H27ClN4O3. The van der Waals surface area contributed by atoms with Crippen molar-refractivity contribution in [2.24, 2.45) is 0 Å². The van der Waals surface area contributed by atoms with Gasteiger partial charge in [0.1, 0.15) is 5.76 Å². The van der Waals surface area contributed by atoms with Gasteiger partial charge in [-0.05, 0) is 63.8 Å². The summed E-state index contributed by atoms with van der Waals surface area (Å²) in [7, 11) is 3.91. The van der Waals surface area contributed by atoms with Crippen molar-refractivity contribution in [3.8, 4) is 5.69 Å². The van der Waals surface area contributed by atoms with Crippen LogP contribution in [0.25, 0.3) is 11.4 Å². The molecule has 0 unspecified atom stereocenters. The second-order valence-corrected chi connectivity index (χ2v) is 9.03. The van der Waals surface area contributed by atoms with Crippen molar-refractivity contribution in [2.75, 3.05) is 27.2 Å². The highest BCUT2D eigenvalue weighted by Gasteiger charge is 2.46. The van der Waals surface area contributed by atoms with Crippen LogP contribution in [-0.4, -0.2) is 63.6 Å². The minimum Gasteiger partial charge on any atom is -0.507 e. The Morgan fingerprint density at radius 2 is 1.85 bits per heavy atom. The standard InChI is InChI=1S/C26H27ClN4O3/c1-17-21(16-28-31(17)20-11-5-4-6-12-20)24(32)22-23(18-9-7-10-19(27)15-18)30(26(34)25(22)33)14-8-13-29(2)3/h4-7,9-12,15-16,23,32H,8,13-14H2,1-3H3/b24-22+/t23-/m1/s1. The number of rotatable bonds is 7. The van der Waals surface area contributed by atoms with E-state index in [9.17, 15) is 14.7 Å². The lowest BCUT2D eigenvalue weighted by atomic mass is 9.95. The van der Waals surface area contributed by atoms with Gasteiger partial charge in [-0.2, -0.15) is 5.10 Å². The normalized spacial score (nSPS) is 17.7. The summed E-state index contributed by atoms with van der Waals surface area (Å²) in [5.74, 6) is -1.57. The predicted molar refractivity (Wildman–Crippen MR) is 132 cm³/mol. The van der Waals surface area contributed by atoms with E-state index in [2.05, 4.69) is 5.10 Å². The van der Waals surface area contributed by atoms with Gasteiger partial charge in [0.25, 0.3) is 11.7 Å². The van der Waals surface area contributed by atoms with E-state index >= 15 is 0 Å². The number of nitrogens with zero attached hydrogens (tertiary/aromatic N) is 4. The van der Waals surface area contributed by atoms with E-state index in [0.717, 1.165) is 12.2 Å². The van der Waals surface area contributed by atoms with Crippen LogP contribution in [0.2, 0.25) is 5.02 Å². The van der Waals surface area contributed by atoms with Crippen LogP contribution in [0.1, 0.15) is 29.3 Å². The quantitative estimate of drug-likeness (QED) is 0.312. The van der Waals surface area contributed by atoms with Crippen molar-refractivity contribution < 1.29 is 14.7 Å². The molecular weight excluding hydrogens is 452 g/mol. The van der Waals surface area contributed by atoms with Crippen molar-refractivity contribution in [1.29, 1.82) is 0 Å². The van der Waals surface area contributed by atoms with Crippen LogP contribution in [0, 0.1) is 6.92 Å². The number of carbonyl (C=O) groups excluding carboxylic acids is 2. The fourth-order valence-electron chi connectivity index (χ4n) is 4.31. The van der Waals surface area contributed by atoms with Gasteiger partial charge in [-0.25, -0.2) is 4.68 Å². The SMILES string of the molecule is Cc1c(/C(O)=C2\C(=O)C(=O)N(CCCN(C)C)[C@@H]2c2cccc(Cl)c2)cnn1-c1ccccc1. The topological polar surface area (TPSA) is 78.7 Å². The molecule has 8 heteroatoms. The first kappa shape index (κ1) is 23.7. The first-order valence-electron chi connectivity index (χ1n) is 11.1. The van der Waals surface area contributed by atoms with Gasteiger partial charge in [0.05, 0.1) is 34.8 Å². The van der Waals surface area contributed by atoms with Gasteiger partial charge >= 0.3 is 0 Å². The third-order valence-corrected chi connectivity index (χ3v) is 6.21. The molecule has 1 aliphatic rings. The minimum absolute atomic E-state index is 0.0489. The maximum atomic E-state index is 13.2. The summed E-state index contributed by atoms with van der Waals surface area (Å²) in [4.78, 5) is 29.8. The maximum absolute atomic E-state index is 13.2. The summed E-state index contributed by atoms with van der Waals surface area (Å²) in [5.41, 5.74) is 2.61. The van der Waals surface area contributed by atoms with Gasteiger partial charge in [-0.15, -0.1) is 0 Å². The van der Waals surface area contributed by atoms with E-state index in [4.69, 9.17) is 11.6 Å². The monoisotopic (exact) mass is 478 g/mol. The molecule has 1 aliphatic heterocycles. The number of para-hydroxylation sites is 1. The molecule has 2 heterocycles. The lowest BCUT2D eigenvalue weighted by Crippen LogP contribution is -2.32. The Morgan fingerprint density at radius 3 is 2.53 bits per heavy atom. The summed E-state index contributed by atoms with van der Waals surface area (Å²) in [6, 6.07) is 15.8. The first-order valence-corrected chi connectivity index (χ1v) is 11.5. The molecule has 1 saturated heterocycles. The second kappa shape index (κ2) is 9.83. The van der Waals surface area contributed by atoms with Crippen LogP contribution in [-0.2, 0) is 9.59 Å². The van der Waals surface area contributed by atoms with Crippen LogP contribution >= 0.6 is 11.6 Å². The minimum atomic E-state index is -0.736. The fraction of sp³-hybridized carbons (Fsp3) is 0.269. The van der Waals surface area contributed by atoms with E-state index in [1.54, 1.807) is 22.9 Å². The number of ketones is 1.